The number of halogens is 3. The van der Waals surface area contributed by atoms with Gasteiger partial charge in [0.05, 0.1) is 15.5 Å². The fourth-order valence-electron chi connectivity index (χ4n) is 4.74. The molecule has 43 heavy (non-hydrogen) atoms. The first-order chi connectivity index (χ1) is 20.5. The number of benzene rings is 2. The van der Waals surface area contributed by atoms with Gasteiger partial charge in [-0.3, -0.25) is 9.36 Å². The van der Waals surface area contributed by atoms with Gasteiger partial charge in [0.2, 0.25) is 0 Å². The van der Waals surface area contributed by atoms with Crippen molar-refractivity contribution in [1.82, 2.24) is 14.5 Å². The lowest BCUT2D eigenvalue weighted by atomic mass is 10.1. The molecule has 3 heterocycles. The fraction of sp³-hybridized carbons (Fsp3) is 0.367. The molecular formula is C30H31BrClFN4O5S. The minimum atomic E-state index is -1.16. The van der Waals surface area contributed by atoms with Gasteiger partial charge in [-0.1, -0.05) is 29.8 Å². The average molecular weight is 694 g/mol. The Morgan fingerprint density at radius 1 is 1.21 bits per heavy atom. The van der Waals surface area contributed by atoms with Gasteiger partial charge in [-0.2, -0.15) is 0 Å². The maximum absolute atomic E-state index is 13.1. The van der Waals surface area contributed by atoms with Crippen molar-refractivity contribution in [3.63, 3.8) is 0 Å². The summed E-state index contributed by atoms with van der Waals surface area (Å²) >= 11 is 11.1. The summed E-state index contributed by atoms with van der Waals surface area (Å²) in [7, 11) is 0. The number of fused-ring (bicyclic) bond motifs is 1. The van der Waals surface area contributed by atoms with Gasteiger partial charge in [0, 0.05) is 48.6 Å². The number of aromatic nitrogens is 2. The number of ether oxygens (including phenoxy) is 3. The minimum Gasteiger partial charge on any atom is -0.489 e. The Morgan fingerprint density at radius 3 is 2.60 bits per heavy atom. The summed E-state index contributed by atoms with van der Waals surface area (Å²) < 4.78 is 33.5. The number of hydrogen-bond donors (Lipinski definition) is 1. The van der Waals surface area contributed by atoms with E-state index in [1.807, 2.05) is 41.8 Å². The molecule has 5 rings (SSSR count). The van der Waals surface area contributed by atoms with Crippen molar-refractivity contribution in [2.75, 3.05) is 19.8 Å². The van der Waals surface area contributed by atoms with Gasteiger partial charge in [0.1, 0.15) is 52.2 Å². The van der Waals surface area contributed by atoms with E-state index in [9.17, 15) is 14.0 Å². The van der Waals surface area contributed by atoms with Crippen LogP contribution in [-0.4, -0.2) is 57.9 Å². The van der Waals surface area contributed by atoms with Crippen molar-refractivity contribution < 1.29 is 28.2 Å². The predicted octanol–water partition coefficient (Wildman–Crippen LogP) is 7.47. The van der Waals surface area contributed by atoms with Crippen molar-refractivity contribution in [3.05, 3.63) is 68.7 Å². The van der Waals surface area contributed by atoms with Gasteiger partial charge < -0.3 is 24.8 Å². The first-order valence-electron chi connectivity index (χ1n) is 13.7. The normalized spacial score (nSPS) is 15.0. The number of carbonyl (C=O) groups excluding carboxylic acids is 2. The zero-order chi connectivity index (χ0) is 30.9. The van der Waals surface area contributed by atoms with Crippen LogP contribution in [-0.2, 0) is 4.74 Å². The molecule has 0 bridgehead atoms. The summed E-state index contributed by atoms with van der Waals surface area (Å²) in [4.78, 5) is 31.2. The predicted molar refractivity (Wildman–Crippen MR) is 167 cm³/mol. The van der Waals surface area contributed by atoms with Crippen molar-refractivity contribution in [3.8, 4) is 16.5 Å². The van der Waals surface area contributed by atoms with E-state index in [0.717, 1.165) is 15.6 Å². The van der Waals surface area contributed by atoms with Crippen LogP contribution < -0.4 is 15.2 Å². The van der Waals surface area contributed by atoms with E-state index >= 15 is 0 Å². The third-order valence-electron chi connectivity index (χ3n) is 7.07. The van der Waals surface area contributed by atoms with Crippen LogP contribution in [0, 0.1) is 0 Å². The Balaban J connectivity index is 1.34. The van der Waals surface area contributed by atoms with E-state index in [2.05, 4.69) is 20.9 Å². The molecule has 0 aliphatic carbocycles. The monoisotopic (exact) mass is 692 g/mol. The molecule has 1 aliphatic heterocycles. The lowest BCUT2D eigenvalue weighted by Gasteiger charge is -2.33. The number of piperidine rings is 1. The summed E-state index contributed by atoms with van der Waals surface area (Å²) in [5.41, 5.74) is 6.83. The third-order valence-corrected chi connectivity index (χ3v) is 9.17. The van der Waals surface area contributed by atoms with Gasteiger partial charge in [0.25, 0.3) is 5.91 Å². The molecule has 1 aliphatic rings. The lowest BCUT2D eigenvalue weighted by Crippen LogP contribution is -2.45. The summed E-state index contributed by atoms with van der Waals surface area (Å²) in [6, 6.07) is 12.9. The molecule has 9 nitrogen and oxygen atoms in total. The number of nitrogens with two attached hydrogens (primary N) is 1. The second-order valence-corrected chi connectivity index (χ2v) is 13.2. The summed E-state index contributed by atoms with van der Waals surface area (Å²) in [5.74, 6) is 0.372. The smallest absolute Gasteiger partial charge is 0.410 e. The Bertz CT molecular complexity index is 1650. The lowest BCUT2D eigenvalue weighted by molar-refractivity contribution is -0.00923. The maximum atomic E-state index is 13.1. The molecule has 2 aromatic heterocycles. The first-order valence-corrected chi connectivity index (χ1v) is 15.7. The number of rotatable bonds is 9. The molecule has 0 spiro atoms. The van der Waals surface area contributed by atoms with Crippen molar-refractivity contribution in [2.24, 2.45) is 5.73 Å². The van der Waals surface area contributed by atoms with E-state index < -0.39 is 30.4 Å². The number of primary amides is 1. The SMILES string of the molecule is C[C@@H](Oc1cc(-n2cnc3cc(Br)c(OC4CCN(C(=O)OC(C)(C)CF)CC4)cc32)sc1C(N)=O)c1ccccc1Cl. The number of hydrogen-bond acceptors (Lipinski definition) is 7. The average Bonchev–Trinajstić information content (AvgIpc) is 3.57. The van der Waals surface area contributed by atoms with Gasteiger partial charge in [0.15, 0.2) is 0 Å². The Morgan fingerprint density at radius 2 is 1.93 bits per heavy atom. The van der Waals surface area contributed by atoms with Gasteiger partial charge >= 0.3 is 6.09 Å². The molecule has 1 fully saturated rings. The van der Waals surface area contributed by atoms with Crippen LogP contribution in [0.5, 0.6) is 11.5 Å². The molecule has 1 atom stereocenters. The first kappa shape index (κ1) is 31.1. The van der Waals surface area contributed by atoms with Crippen molar-refractivity contribution in [1.29, 1.82) is 0 Å². The summed E-state index contributed by atoms with van der Waals surface area (Å²) in [5, 5.41) is 1.25. The zero-order valence-electron chi connectivity index (χ0n) is 23.8. The number of carbonyl (C=O) groups is 2. The highest BCUT2D eigenvalue weighted by Gasteiger charge is 2.30. The molecule has 13 heteroatoms. The van der Waals surface area contributed by atoms with E-state index in [4.69, 9.17) is 31.5 Å². The van der Waals surface area contributed by atoms with Crippen molar-refractivity contribution >= 4 is 61.9 Å². The van der Waals surface area contributed by atoms with Crippen molar-refractivity contribution in [2.45, 2.75) is 51.4 Å². The molecule has 2 N–H and O–H groups in total. The van der Waals surface area contributed by atoms with Crippen LogP contribution in [0.4, 0.5) is 9.18 Å². The molecule has 0 unspecified atom stereocenters. The van der Waals surface area contributed by atoms with Gasteiger partial charge in [-0.15, -0.1) is 11.3 Å². The molecule has 0 radical (unpaired) electrons. The highest BCUT2D eigenvalue weighted by Crippen LogP contribution is 2.39. The molecule has 4 aromatic rings. The number of thiophene rings is 1. The molecule has 2 amide bonds. The number of nitrogens with zero attached hydrogens (tertiary/aromatic N) is 3. The van der Waals surface area contributed by atoms with E-state index in [-0.39, 0.29) is 11.0 Å². The number of likely N-dealkylation sites (tertiary alicyclic amines) is 1. The summed E-state index contributed by atoms with van der Waals surface area (Å²) in [6.45, 7) is 5.05. The van der Waals surface area contributed by atoms with Crippen LogP contribution in [0.3, 0.4) is 0 Å². The van der Waals surface area contributed by atoms with Crippen LogP contribution >= 0.6 is 38.9 Å². The van der Waals surface area contributed by atoms with E-state index in [1.165, 1.54) is 11.3 Å². The standard InChI is InChI=1S/C30H31BrClFN4O5S/c1-17(19-6-4-5-7-21(19)32)40-25-14-26(43-27(25)28(34)38)37-16-35-22-12-20(31)24(13-23(22)37)41-18-8-10-36(11-9-18)29(39)42-30(2,3)15-33/h4-7,12-14,16-18H,8-11,15H2,1-3H3,(H2,34,38)/t17-/m1/s1. The minimum absolute atomic E-state index is 0.141. The van der Waals surface area contributed by atoms with E-state index in [1.54, 1.807) is 37.2 Å². The van der Waals surface area contributed by atoms with Crippen LogP contribution in [0.2, 0.25) is 5.02 Å². The molecule has 2 aromatic carbocycles. The second-order valence-electron chi connectivity index (χ2n) is 10.9. The second kappa shape index (κ2) is 12.7. The zero-order valence-corrected chi connectivity index (χ0v) is 27.0. The largest absolute Gasteiger partial charge is 0.489 e. The molecule has 0 saturated carbocycles. The molecular weight excluding hydrogens is 663 g/mol. The third kappa shape index (κ3) is 6.91. The quantitative estimate of drug-likeness (QED) is 0.195. The van der Waals surface area contributed by atoms with Crippen LogP contribution in [0.1, 0.15) is 55.0 Å². The molecule has 1 saturated heterocycles. The van der Waals surface area contributed by atoms with E-state index in [0.29, 0.717) is 53.0 Å². The number of alkyl halides is 1. The van der Waals surface area contributed by atoms with Gasteiger partial charge in [-0.25, -0.2) is 14.2 Å². The number of imidazole rings is 1. The topological polar surface area (TPSA) is 109 Å². The Labute approximate surface area is 265 Å². The van der Waals surface area contributed by atoms with Crippen LogP contribution in [0.25, 0.3) is 16.0 Å². The summed E-state index contributed by atoms with van der Waals surface area (Å²) in [6.07, 6.45) is 1.76. The highest BCUT2D eigenvalue weighted by molar-refractivity contribution is 9.10. The van der Waals surface area contributed by atoms with Crippen LogP contribution in [0.15, 0.2) is 53.3 Å². The Hall–Kier alpha value is -3.35. The fourth-order valence-corrected chi connectivity index (χ4v) is 6.38. The molecule has 228 valence electrons. The maximum Gasteiger partial charge on any atom is 0.410 e. The Kier molecular flexibility index (Phi) is 9.19. The number of amides is 2. The van der Waals surface area contributed by atoms with Gasteiger partial charge in [-0.05, 0) is 48.8 Å². The highest BCUT2D eigenvalue weighted by atomic mass is 79.9.